The molecule has 4 N–H and O–H groups in total. The summed E-state index contributed by atoms with van der Waals surface area (Å²) in [4.78, 5) is 12.5. The van der Waals surface area contributed by atoms with E-state index in [0.29, 0.717) is 6.42 Å². The van der Waals surface area contributed by atoms with Crippen molar-refractivity contribution >= 4 is 11.7 Å². The molecule has 0 saturated heterocycles. The Morgan fingerprint density at radius 2 is 1.96 bits per heavy atom. The molecule has 0 aliphatic carbocycles. The summed E-state index contributed by atoms with van der Waals surface area (Å²) in [5.41, 5.74) is 14.4. The summed E-state index contributed by atoms with van der Waals surface area (Å²) in [5.74, 6) is 1.48. The van der Waals surface area contributed by atoms with Crippen molar-refractivity contribution in [2.75, 3.05) is 19.6 Å². The Bertz CT molecular complexity index is 899. The van der Waals surface area contributed by atoms with E-state index in [4.69, 9.17) is 15.2 Å². The minimum Gasteiger partial charge on any atom is -0.454 e. The number of nitrogens with two attached hydrogens (primary N) is 1. The first-order chi connectivity index (χ1) is 13.0. The van der Waals surface area contributed by atoms with Crippen molar-refractivity contribution in [3.63, 3.8) is 0 Å². The number of hydrogen-bond acceptors (Lipinski definition) is 5. The number of nitrogens with zero attached hydrogens (tertiary/aromatic N) is 1. The van der Waals surface area contributed by atoms with E-state index in [1.165, 1.54) is 0 Å². The second-order valence-electron chi connectivity index (χ2n) is 7.06. The van der Waals surface area contributed by atoms with Gasteiger partial charge in [-0.2, -0.15) is 0 Å². The number of rotatable bonds is 1. The summed E-state index contributed by atoms with van der Waals surface area (Å²) in [6.45, 7) is 4.24. The van der Waals surface area contributed by atoms with E-state index in [-0.39, 0.29) is 32.3 Å². The Balaban J connectivity index is 0.00000225. The van der Waals surface area contributed by atoms with Gasteiger partial charge in [-0.25, -0.2) is 10.2 Å². The molecule has 2 aromatic rings. The standard InChI is InChI=1S/C20H24N4O3.CH4/c1-11-6-13(4-5-16(11)21)19-15-9-18-17(26-10-27-18)8-14(15)7-12(2)24(23-19)20(25)22-3;/h4-6,8-9,12,19,23H,7,10,21H2,1-3H3,(H,22,25);1H4. The highest BCUT2D eigenvalue weighted by Gasteiger charge is 2.32. The van der Waals surface area contributed by atoms with Gasteiger partial charge in [-0.05, 0) is 60.7 Å². The van der Waals surface area contributed by atoms with E-state index >= 15 is 0 Å². The van der Waals surface area contributed by atoms with Gasteiger partial charge in [0.15, 0.2) is 11.5 Å². The molecule has 2 unspecified atom stereocenters. The summed E-state index contributed by atoms with van der Waals surface area (Å²) >= 11 is 0. The first-order valence-corrected chi connectivity index (χ1v) is 9.03. The van der Waals surface area contributed by atoms with Crippen LogP contribution in [-0.4, -0.2) is 30.9 Å². The molecule has 0 spiro atoms. The van der Waals surface area contributed by atoms with E-state index in [1.54, 1.807) is 12.1 Å². The number of fused-ring (bicyclic) bond motifs is 2. The van der Waals surface area contributed by atoms with Crippen LogP contribution in [0.5, 0.6) is 11.5 Å². The average molecular weight is 384 g/mol. The molecular weight excluding hydrogens is 356 g/mol. The van der Waals surface area contributed by atoms with Crippen LogP contribution in [0.2, 0.25) is 0 Å². The number of urea groups is 1. The van der Waals surface area contributed by atoms with Crippen molar-refractivity contribution in [3.8, 4) is 11.5 Å². The van der Waals surface area contributed by atoms with Crippen LogP contribution >= 0.6 is 0 Å². The lowest BCUT2D eigenvalue weighted by Gasteiger charge is -2.30. The van der Waals surface area contributed by atoms with Crippen LogP contribution in [0.4, 0.5) is 10.5 Å². The van der Waals surface area contributed by atoms with Gasteiger partial charge >= 0.3 is 6.03 Å². The first-order valence-electron chi connectivity index (χ1n) is 9.03. The second-order valence-corrected chi connectivity index (χ2v) is 7.06. The number of carbonyl (C=O) groups is 1. The lowest BCUT2D eigenvalue weighted by atomic mass is 9.91. The van der Waals surface area contributed by atoms with Gasteiger partial charge in [0.2, 0.25) is 6.79 Å². The zero-order valence-corrected chi connectivity index (χ0v) is 15.7. The SMILES string of the molecule is C.CNC(=O)N1NC(c2ccc(N)c(C)c2)c2cc3c(cc2CC1C)OCO3. The highest BCUT2D eigenvalue weighted by atomic mass is 16.7. The van der Waals surface area contributed by atoms with E-state index in [2.05, 4.69) is 16.8 Å². The molecule has 0 saturated carbocycles. The van der Waals surface area contributed by atoms with Gasteiger partial charge in [-0.1, -0.05) is 19.6 Å². The van der Waals surface area contributed by atoms with Crippen LogP contribution < -0.4 is 25.9 Å². The molecule has 2 aromatic carbocycles. The summed E-state index contributed by atoms with van der Waals surface area (Å²) in [6, 6.07) is 9.57. The van der Waals surface area contributed by atoms with Gasteiger partial charge in [0.05, 0.1) is 12.1 Å². The first kappa shape index (κ1) is 19.8. The third-order valence-corrected chi connectivity index (χ3v) is 5.23. The van der Waals surface area contributed by atoms with Crippen molar-refractivity contribution in [2.45, 2.75) is 39.8 Å². The number of hydrazine groups is 1. The van der Waals surface area contributed by atoms with E-state index in [0.717, 1.165) is 39.4 Å². The third kappa shape index (κ3) is 3.33. The number of ether oxygens (including phenoxy) is 2. The van der Waals surface area contributed by atoms with Crippen LogP contribution in [0.1, 0.15) is 42.6 Å². The predicted molar refractivity (Wildman–Crippen MR) is 109 cm³/mol. The predicted octanol–water partition coefficient (Wildman–Crippen LogP) is 3.12. The smallest absolute Gasteiger partial charge is 0.331 e. The summed E-state index contributed by atoms with van der Waals surface area (Å²) in [7, 11) is 1.63. The number of anilines is 1. The molecule has 4 rings (SSSR count). The summed E-state index contributed by atoms with van der Waals surface area (Å²) < 4.78 is 11.2. The van der Waals surface area contributed by atoms with Crippen LogP contribution in [0.3, 0.4) is 0 Å². The minimum absolute atomic E-state index is 0. The summed E-state index contributed by atoms with van der Waals surface area (Å²) in [5, 5.41) is 4.37. The quantitative estimate of drug-likeness (QED) is 0.658. The molecule has 2 amide bonds. The van der Waals surface area contributed by atoms with E-state index < -0.39 is 0 Å². The molecule has 7 nitrogen and oxygen atoms in total. The van der Waals surface area contributed by atoms with Crippen LogP contribution in [0.25, 0.3) is 0 Å². The van der Waals surface area contributed by atoms with Gasteiger partial charge in [0.25, 0.3) is 0 Å². The number of nitrogens with one attached hydrogen (secondary N) is 2. The normalized spacial score (nSPS) is 20.0. The molecule has 0 fully saturated rings. The Morgan fingerprint density at radius 1 is 1.25 bits per heavy atom. The Labute approximate surface area is 165 Å². The topological polar surface area (TPSA) is 88.9 Å². The molecule has 150 valence electrons. The number of nitrogen functional groups attached to an aromatic ring is 1. The lowest BCUT2D eigenvalue weighted by molar-refractivity contribution is 0.139. The molecule has 0 aromatic heterocycles. The number of amides is 2. The molecule has 2 aliphatic heterocycles. The van der Waals surface area contributed by atoms with Gasteiger partial charge in [-0.15, -0.1) is 0 Å². The van der Waals surface area contributed by atoms with Crippen molar-refractivity contribution in [3.05, 3.63) is 52.6 Å². The molecule has 2 aliphatic rings. The van der Waals surface area contributed by atoms with Gasteiger partial charge in [0, 0.05) is 12.7 Å². The number of benzene rings is 2. The molecule has 0 radical (unpaired) electrons. The molecular formula is C21H28N4O3. The van der Waals surface area contributed by atoms with E-state index in [1.807, 2.05) is 38.1 Å². The number of aryl methyl sites for hydroxylation is 1. The maximum absolute atomic E-state index is 12.5. The summed E-state index contributed by atoms with van der Waals surface area (Å²) in [6.07, 6.45) is 0.705. The maximum atomic E-state index is 12.5. The minimum atomic E-state index is -0.212. The zero-order valence-electron chi connectivity index (χ0n) is 15.7. The highest BCUT2D eigenvalue weighted by molar-refractivity contribution is 5.74. The zero-order chi connectivity index (χ0) is 19.1. The Kier molecular flexibility index (Phi) is 5.38. The van der Waals surface area contributed by atoms with Crippen molar-refractivity contribution in [2.24, 2.45) is 0 Å². The van der Waals surface area contributed by atoms with Crippen molar-refractivity contribution < 1.29 is 14.3 Å². The third-order valence-electron chi connectivity index (χ3n) is 5.23. The van der Waals surface area contributed by atoms with E-state index in [9.17, 15) is 4.79 Å². The fourth-order valence-corrected chi connectivity index (χ4v) is 3.70. The van der Waals surface area contributed by atoms with Crippen LogP contribution in [-0.2, 0) is 6.42 Å². The fourth-order valence-electron chi connectivity index (χ4n) is 3.70. The van der Waals surface area contributed by atoms with Crippen LogP contribution in [0.15, 0.2) is 30.3 Å². The Morgan fingerprint density at radius 3 is 2.64 bits per heavy atom. The fraction of sp³-hybridized carbons (Fsp3) is 0.381. The number of hydrogen-bond donors (Lipinski definition) is 3. The van der Waals surface area contributed by atoms with Gasteiger partial charge in [0.1, 0.15) is 0 Å². The van der Waals surface area contributed by atoms with Crippen molar-refractivity contribution in [1.82, 2.24) is 15.8 Å². The highest BCUT2D eigenvalue weighted by Crippen LogP contribution is 2.40. The second kappa shape index (κ2) is 7.59. The lowest BCUT2D eigenvalue weighted by Crippen LogP contribution is -2.52. The maximum Gasteiger partial charge on any atom is 0.331 e. The largest absolute Gasteiger partial charge is 0.454 e. The average Bonchev–Trinajstić information content (AvgIpc) is 3.05. The number of carbonyl (C=O) groups excluding carboxylic acids is 1. The van der Waals surface area contributed by atoms with Gasteiger partial charge in [-0.3, -0.25) is 5.01 Å². The van der Waals surface area contributed by atoms with Gasteiger partial charge < -0.3 is 20.5 Å². The monoisotopic (exact) mass is 384 g/mol. The van der Waals surface area contributed by atoms with Crippen LogP contribution in [0, 0.1) is 6.92 Å². The Hall–Kier alpha value is -2.93. The van der Waals surface area contributed by atoms with Crippen molar-refractivity contribution in [1.29, 1.82) is 0 Å². The molecule has 28 heavy (non-hydrogen) atoms. The molecule has 7 heteroatoms. The molecule has 0 bridgehead atoms. The molecule has 2 heterocycles. The molecule has 2 atom stereocenters.